The molecule has 5 heteroatoms. The van der Waals surface area contributed by atoms with Gasteiger partial charge in [0, 0.05) is 11.8 Å². The van der Waals surface area contributed by atoms with Gasteiger partial charge in [0.15, 0.2) is 11.5 Å². The van der Waals surface area contributed by atoms with E-state index in [9.17, 15) is 4.79 Å². The fourth-order valence-corrected chi connectivity index (χ4v) is 2.63. The van der Waals surface area contributed by atoms with Crippen LogP contribution in [0.4, 0.5) is 5.69 Å². The Morgan fingerprint density at radius 2 is 2.20 bits per heavy atom. The molecule has 1 heterocycles. The number of benzene rings is 1. The number of fused-ring (bicyclic) bond motifs is 1. The van der Waals surface area contributed by atoms with Crippen LogP contribution in [-0.2, 0) is 19.4 Å². The van der Waals surface area contributed by atoms with Crippen molar-refractivity contribution in [3.8, 4) is 0 Å². The average molecular weight is 272 g/mol. The van der Waals surface area contributed by atoms with Crippen LogP contribution >= 0.6 is 0 Å². The van der Waals surface area contributed by atoms with E-state index in [1.807, 2.05) is 0 Å². The first-order valence-corrected chi connectivity index (χ1v) is 6.77. The minimum Gasteiger partial charge on any atom is -0.476 e. The molecule has 1 aliphatic rings. The topological polar surface area (TPSA) is 75.4 Å². The number of carboxylic acids is 1. The molecule has 1 aromatic carbocycles. The summed E-state index contributed by atoms with van der Waals surface area (Å²) in [5, 5.41) is 15.6. The fraction of sp³-hybridized carbons (Fsp3) is 0.333. The lowest BCUT2D eigenvalue weighted by atomic mass is 9.90. The fourth-order valence-electron chi connectivity index (χ4n) is 2.63. The molecule has 0 unspecified atom stereocenters. The molecule has 0 aliphatic heterocycles. The van der Waals surface area contributed by atoms with E-state index in [4.69, 9.17) is 9.63 Å². The Kier molecular flexibility index (Phi) is 3.41. The molecule has 0 bridgehead atoms. The molecule has 104 valence electrons. The molecule has 20 heavy (non-hydrogen) atoms. The Labute approximate surface area is 116 Å². The van der Waals surface area contributed by atoms with Gasteiger partial charge < -0.3 is 14.9 Å². The Morgan fingerprint density at radius 3 is 3.00 bits per heavy atom. The number of rotatable bonds is 4. The summed E-state index contributed by atoms with van der Waals surface area (Å²) < 4.78 is 5.00. The van der Waals surface area contributed by atoms with Gasteiger partial charge in [0.05, 0.1) is 6.54 Å². The van der Waals surface area contributed by atoms with Crippen molar-refractivity contribution in [3.05, 3.63) is 46.8 Å². The Bertz CT molecular complexity index is 634. The standard InChI is InChI=1S/C15H16N2O3/c18-15(19)14-8-11(20-17-14)9-16-13-7-3-5-10-4-1-2-6-12(10)13/h3,5,7-8,16H,1-2,4,6,9H2,(H,18,19). The number of aryl methyl sites for hydroxylation is 1. The molecule has 0 fully saturated rings. The summed E-state index contributed by atoms with van der Waals surface area (Å²) in [5.41, 5.74) is 3.83. The number of anilines is 1. The van der Waals surface area contributed by atoms with E-state index in [0.717, 1.165) is 18.5 Å². The first-order chi connectivity index (χ1) is 9.74. The van der Waals surface area contributed by atoms with Crippen LogP contribution in [0.1, 0.15) is 40.2 Å². The van der Waals surface area contributed by atoms with Gasteiger partial charge in [-0.15, -0.1) is 0 Å². The molecular weight excluding hydrogens is 256 g/mol. The van der Waals surface area contributed by atoms with Gasteiger partial charge in [-0.2, -0.15) is 0 Å². The summed E-state index contributed by atoms with van der Waals surface area (Å²) in [4.78, 5) is 10.7. The monoisotopic (exact) mass is 272 g/mol. The average Bonchev–Trinajstić information content (AvgIpc) is 2.94. The number of carboxylic acid groups (broad SMARTS) is 1. The quantitative estimate of drug-likeness (QED) is 0.895. The highest BCUT2D eigenvalue weighted by Gasteiger charge is 2.14. The van der Waals surface area contributed by atoms with Crippen LogP contribution in [0.2, 0.25) is 0 Å². The van der Waals surface area contributed by atoms with Gasteiger partial charge in [0.1, 0.15) is 0 Å². The van der Waals surface area contributed by atoms with Crippen molar-refractivity contribution in [2.24, 2.45) is 0 Å². The number of nitrogens with zero attached hydrogens (tertiary/aromatic N) is 1. The predicted molar refractivity (Wildman–Crippen MR) is 73.9 cm³/mol. The van der Waals surface area contributed by atoms with Gasteiger partial charge in [-0.05, 0) is 42.9 Å². The number of aromatic nitrogens is 1. The Morgan fingerprint density at radius 1 is 1.35 bits per heavy atom. The van der Waals surface area contributed by atoms with Gasteiger partial charge in [0.2, 0.25) is 0 Å². The second kappa shape index (κ2) is 5.36. The number of hydrogen-bond acceptors (Lipinski definition) is 4. The maximum absolute atomic E-state index is 10.7. The Hall–Kier alpha value is -2.30. The van der Waals surface area contributed by atoms with E-state index in [2.05, 4.69) is 28.7 Å². The second-order valence-corrected chi connectivity index (χ2v) is 4.99. The van der Waals surface area contributed by atoms with E-state index in [1.54, 1.807) is 0 Å². The van der Waals surface area contributed by atoms with E-state index < -0.39 is 5.97 Å². The van der Waals surface area contributed by atoms with Crippen molar-refractivity contribution in [1.29, 1.82) is 0 Å². The SMILES string of the molecule is O=C(O)c1cc(CNc2cccc3c2CCCC3)on1. The highest BCUT2D eigenvalue weighted by atomic mass is 16.5. The smallest absolute Gasteiger partial charge is 0.358 e. The first kappa shape index (κ1) is 12.7. The third-order valence-electron chi connectivity index (χ3n) is 3.63. The summed E-state index contributed by atoms with van der Waals surface area (Å²) in [6.07, 6.45) is 4.70. The van der Waals surface area contributed by atoms with Crippen molar-refractivity contribution >= 4 is 11.7 Å². The van der Waals surface area contributed by atoms with E-state index in [0.29, 0.717) is 12.3 Å². The highest BCUT2D eigenvalue weighted by molar-refractivity contribution is 5.85. The predicted octanol–water partition coefficient (Wildman–Crippen LogP) is 2.86. The van der Waals surface area contributed by atoms with Crippen LogP contribution in [-0.4, -0.2) is 16.2 Å². The molecule has 0 atom stereocenters. The summed E-state index contributed by atoms with van der Waals surface area (Å²) in [6, 6.07) is 7.73. The molecule has 2 aromatic rings. The van der Waals surface area contributed by atoms with Gasteiger partial charge in [0.25, 0.3) is 0 Å². The van der Waals surface area contributed by atoms with Gasteiger partial charge in [-0.1, -0.05) is 17.3 Å². The lowest BCUT2D eigenvalue weighted by Gasteiger charge is -2.19. The number of aromatic carboxylic acids is 1. The molecule has 1 aromatic heterocycles. The van der Waals surface area contributed by atoms with Gasteiger partial charge in [-0.3, -0.25) is 0 Å². The van der Waals surface area contributed by atoms with Crippen LogP contribution in [0, 0.1) is 0 Å². The van der Waals surface area contributed by atoms with Gasteiger partial charge >= 0.3 is 5.97 Å². The maximum Gasteiger partial charge on any atom is 0.358 e. The first-order valence-electron chi connectivity index (χ1n) is 6.77. The zero-order valence-corrected chi connectivity index (χ0v) is 11.1. The lowest BCUT2D eigenvalue weighted by molar-refractivity contribution is 0.0685. The van der Waals surface area contributed by atoms with E-state index in [-0.39, 0.29) is 5.69 Å². The minimum atomic E-state index is -1.07. The largest absolute Gasteiger partial charge is 0.476 e. The van der Waals surface area contributed by atoms with Crippen molar-refractivity contribution in [3.63, 3.8) is 0 Å². The number of hydrogen-bond donors (Lipinski definition) is 2. The zero-order chi connectivity index (χ0) is 13.9. The molecule has 2 N–H and O–H groups in total. The third-order valence-corrected chi connectivity index (χ3v) is 3.63. The third kappa shape index (κ3) is 2.52. The summed E-state index contributed by atoms with van der Waals surface area (Å²) >= 11 is 0. The molecule has 5 nitrogen and oxygen atoms in total. The molecule has 0 saturated heterocycles. The van der Waals surface area contributed by atoms with Crippen molar-refractivity contribution < 1.29 is 14.4 Å². The van der Waals surface area contributed by atoms with Gasteiger partial charge in [-0.25, -0.2) is 4.79 Å². The van der Waals surface area contributed by atoms with Crippen molar-refractivity contribution in [1.82, 2.24) is 5.16 Å². The lowest BCUT2D eigenvalue weighted by Crippen LogP contribution is -2.08. The maximum atomic E-state index is 10.7. The number of nitrogens with one attached hydrogen (secondary N) is 1. The second-order valence-electron chi connectivity index (χ2n) is 4.99. The van der Waals surface area contributed by atoms with Crippen LogP contribution in [0.3, 0.4) is 0 Å². The molecule has 0 spiro atoms. The summed E-state index contributed by atoms with van der Waals surface area (Å²) in [7, 11) is 0. The normalized spacial score (nSPS) is 13.8. The molecule has 1 aliphatic carbocycles. The number of carbonyl (C=O) groups is 1. The van der Waals surface area contributed by atoms with E-state index >= 15 is 0 Å². The van der Waals surface area contributed by atoms with E-state index in [1.165, 1.54) is 30.0 Å². The van der Waals surface area contributed by atoms with Crippen molar-refractivity contribution in [2.75, 3.05) is 5.32 Å². The zero-order valence-electron chi connectivity index (χ0n) is 11.1. The highest BCUT2D eigenvalue weighted by Crippen LogP contribution is 2.28. The summed E-state index contributed by atoms with van der Waals surface area (Å²) in [6.45, 7) is 0.441. The van der Waals surface area contributed by atoms with Crippen LogP contribution in [0.15, 0.2) is 28.8 Å². The molecular formula is C15H16N2O3. The van der Waals surface area contributed by atoms with Crippen LogP contribution in [0.5, 0.6) is 0 Å². The summed E-state index contributed by atoms with van der Waals surface area (Å²) in [5.74, 6) is -0.548. The molecule has 0 saturated carbocycles. The van der Waals surface area contributed by atoms with Crippen LogP contribution < -0.4 is 5.32 Å². The van der Waals surface area contributed by atoms with Crippen LogP contribution in [0.25, 0.3) is 0 Å². The molecule has 0 amide bonds. The Balaban J connectivity index is 1.73. The molecule has 3 rings (SSSR count). The van der Waals surface area contributed by atoms with Crippen molar-refractivity contribution in [2.45, 2.75) is 32.2 Å². The molecule has 0 radical (unpaired) electrons. The minimum absolute atomic E-state index is 0.0584.